The maximum absolute atomic E-state index is 12.6. The van der Waals surface area contributed by atoms with Crippen LogP contribution in [0.25, 0.3) is 6.08 Å². The lowest BCUT2D eigenvalue weighted by Gasteiger charge is -2.06. The first-order valence-corrected chi connectivity index (χ1v) is 9.98. The van der Waals surface area contributed by atoms with Gasteiger partial charge in [0, 0.05) is 10.5 Å². The Balaban J connectivity index is 1.45. The van der Waals surface area contributed by atoms with Gasteiger partial charge in [0.15, 0.2) is 5.76 Å². The van der Waals surface area contributed by atoms with Crippen molar-refractivity contribution in [2.24, 2.45) is 0 Å². The minimum absolute atomic E-state index is 0.121. The summed E-state index contributed by atoms with van der Waals surface area (Å²) in [5.74, 6) is 1.04. The van der Waals surface area contributed by atoms with Crippen molar-refractivity contribution >= 4 is 33.8 Å². The van der Waals surface area contributed by atoms with Crippen LogP contribution in [0.15, 0.2) is 77.0 Å². The minimum atomic E-state index is -0.407. The van der Waals surface area contributed by atoms with Crippen molar-refractivity contribution in [3.8, 4) is 17.2 Å². The van der Waals surface area contributed by atoms with E-state index in [0.29, 0.717) is 17.1 Å². The van der Waals surface area contributed by atoms with Crippen molar-refractivity contribution in [1.29, 1.82) is 0 Å². The van der Waals surface area contributed by atoms with Gasteiger partial charge in [0.2, 0.25) is 5.78 Å². The summed E-state index contributed by atoms with van der Waals surface area (Å²) in [7, 11) is 1.59. The van der Waals surface area contributed by atoms with E-state index in [9.17, 15) is 9.59 Å². The molecule has 0 atom stereocenters. The lowest BCUT2D eigenvalue weighted by molar-refractivity contribution is -0.133. The van der Waals surface area contributed by atoms with Crippen molar-refractivity contribution in [2.75, 3.05) is 7.11 Å². The summed E-state index contributed by atoms with van der Waals surface area (Å²) in [5, 5.41) is 0. The molecule has 0 fully saturated rings. The normalized spacial score (nSPS) is 13.7. The van der Waals surface area contributed by atoms with Gasteiger partial charge in [-0.3, -0.25) is 9.59 Å². The van der Waals surface area contributed by atoms with Crippen LogP contribution in [0.4, 0.5) is 0 Å². The fourth-order valence-electron chi connectivity index (χ4n) is 3.02. The van der Waals surface area contributed by atoms with E-state index in [4.69, 9.17) is 14.2 Å². The quantitative estimate of drug-likeness (QED) is 0.294. The highest BCUT2D eigenvalue weighted by Gasteiger charge is 2.28. The van der Waals surface area contributed by atoms with Gasteiger partial charge in [-0.15, -0.1) is 0 Å². The summed E-state index contributed by atoms with van der Waals surface area (Å²) < 4.78 is 17.2. The number of ketones is 1. The number of ether oxygens (including phenoxy) is 3. The molecule has 5 nitrogen and oxygen atoms in total. The second-order valence-electron chi connectivity index (χ2n) is 6.65. The molecule has 1 aliphatic rings. The minimum Gasteiger partial charge on any atom is -0.497 e. The van der Waals surface area contributed by atoms with Crippen LogP contribution in [0.1, 0.15) is 21.5 Å². The summed E-state index contributed by atoms with van der Waals surface area (Å²) in [6.45, 7) is 0. The van der Waals surface area contributed by atoms with E-state index in [0.717, 1.165) is 21.3 Å². The van der Waals surface area contributed by atoms with E-state index in [1.54, 1.807) is 43.5 Å². The molecule has 0 saturated heterocycles. The fraction of sp³-hybridized carbons (Fsp3) is 0.0833. The maximum atomic E-state index is 12.6. The third-order valence-corrected chi connectivity index (χ3v) is 5.08. The van der Waals surface area contributed by atoms with Crippen LogP contribution in [0.2, 0.25) is 0 Å². The molecule has 150 valence electrons. The number of esters is 1. The van der Waals surface area contributed by atoms with Gasteiger partial charge in [-0.2, -0.15) is 0 Å². The predicted molar refractivity (Wildman–Crippen MR) is 116 cm³/mol. The third kappa shape index (κ3) is 4.44. The number of fused-ring (bicyclic) bond motifs is 1. The number of hydrogen-bond donors (Lipinski definition) is 0. The van der Waals surface area contributed by atoms with E-state index in [1.807, 2.05) is 36.4 Å². The number of benzene rings is 3. The zero-order chi connectivity index (χ0) is 21.1. The number of carbonyl (C=O) groups excluding carboxylic acids is 2. The second kappa shape index (κ2) is 8.55. The van der Waals surface area contributed by atoms with Crippen LogP contribution in [0.3, 0.4) is 0 Å². The van der Waals surface area contributed by atoms with Crippen LogP contribution >= 0.6 is 15.9 Å². The molecular weight excluding hydrogens is 448 g/mol. The molecule has 0 unspecified atom stereocenters. The summed E-state index contributed by atoms with van der Waals surface area (Å²) in [4.78, 5) is 24.8. The van der Waals surface area contributed by atoms with E-state index in [1.165, 1.54) is 0 Å². The smallest absolute Gasteiger partial charge is 0.315 e. The molecule has 0 aliphatic carbocycles. The van der Waals surface area contributed by atoms with Crippen molar-refractivity contribution < 1.29 is 23.8 Å². The van der Waals surface area contributed by atoms with Crippen LogP contribution < -0.4 is 14.2 Å². The molecule has 3 aromatic rings. The van der Waals surface area contributed by atoms with E-state index in [2.05, 4.69) is 15.9 Å². The Kier molecular flexibility index (Phi) is 5.68. The first kappa shape index (κ1) is 19.9. The molecule has 3 aromatic carbocycles. The average molecular weight is 465 g/mol. The van der Waals surface area contributed by atoms with Crippen molar-refractivity contribution in [3.63, 3.8) is 0 Å². The number of hydrogen-bond acceptors (Lipinski definition) is 5. The Morgan fingerprint density at radius 3 is 2.40 bits per heavy atom. The second-order valence-corrected chi connectivity index (χ2v) is 7.56. The van der Waals surface area contributed by atoms with Gasteiger partial charge in [0.25, 0.3) is 0 Å². The van der Waals surface area contributed by atoms with Crippen molar-refractivity contribution in [3.05, 3.63) is 93.7 Å². The largest absolute Gasteiger partial charge is 0.497 e. The topological polar surface area (TPSA) is 61.8 Å². The first-order valence-electron chi connectivity index (χ1n) is 9.19. The Hall–Kier alpha value is -3.38. The zero-order valence-corrected chi connectivity index (χ0v) is 17.6. The number of carbonyl (C=O) groups is 2. The van der Waals surface area contributed by atoms with Gasteiger partial charge in [-0.05, 0) is 53.6 Å². The van der Waals surface area contributed by atoms with E-state index < -0.39 is 5.97 Å². The molecule has 0 amide bonds. The summed E-state index contributed by atoms with van der Waals surface area (Å²) >= 11 is 3.38. The molecule has 0 spiro atoms. The number of Topliss-reactive ketones (excluding diaryl/α,β-unsaturated/α-hetero) is 1. The molecule has 0 saturated carbocycles. The van der Waals surface area contributed by atoms with Gasteiger partial charge < -0.3 is 14.2 Å². The van der Waals surface area contributed by atoms with E-state index >= 15 is 0 Å². The van der Waals surface area contributed by atoms with Crippen molar-refractivity contribution in [1.82, 2.24) is 0 Å². The maximum Gasteiger partial charge on any atom is 0.315 e. The predicted octanol–water partition coefficient (Wildman–Crippen LogP) is 5.22. The molecule has 1 aliphatic heterocycles. The Morgan fingerprint density at radius 2 is 1.70 bits per heavy atom. The molecule has 0 N–H and O–H groups in total. The molecule has 0 bridgehead atoms. The SMILES string of the molecule is COc1ccc(CC(=O)Oc2ccc3c(c2)O/C(=C\c2ccc(Br)cc2)C3=O)cc1. The molecule has 0 aromatic heterocycles. The monoisotopic (exact) mass is 464 g/mol. The van der Waals surface area contributed by atoms with Crippen LogP contribution in [0.5, 0.6) is 17.2 Å². The Bertz CT molecular complexity index is 1130. The lowest BCUT2D eigenvalue weighted by Crippen LogP contribution is -2.11. The van der Waals surface area contributed by atoms with Gasteiger partial charge in [-0.25, -0.2) is 0 Å². The molecule has 0 radical (unpaired) electrons. The fourth-order valence-corrected chi connectivity index (χ4v) is 3.28. The Labute approximate surface area is 182 Å². The molecule has 6 heteroatoms. The number of rotatable bonds is 5. The summed E-state index contributed by atoms with van der Waals surface area (Å²) in [6.07, 6.45) is 1.81. The van der Waals surface area contributed by atoms with Crippen molar-refractivity contribution in [2.45, 2.75) is 6.42 Å². The number of methoxy groups -OCH3 is 1. The highest BCUT2D eigenvalue weighted by molar-refractivity contribution is 9.10. The summed E-state index contributed by atoms with van der Waals surface area (Å²) in [5.41, 5.74) is 2.10. The zero-order valence-electron chi connectivity index (χ0n) is 16.1. The number of allylic oxidation sites excluding steroid dienone is 1. The van der Waals surface area contributed by atoms with Gasteiger partial charge in [0.1, 0.15) is 17.2 Å². The average Bonchev–Trinajstić information content (AvgIpc) is 3.05. The van der Waals surface area contributed by atoms with Crippen LogP contribution in [-0.4, -0.2) is 18.9 Å². The van der Waals surface area contributed by atoms with E-state index in [-0.39, 0.29) is 18.0 Å². The molecule has 1 heterocycles. The highest BCUT2D eigenvalue weighted by Crippen LogP contribution is 2.35. The standard InChI is InChI=1S/C24H17BrO5/c1-28-18-8-4-16(5-9-18)13-23(26)29-19-10-11-20-21(14-19)30-22(24(20)27)12-15-2-6-17(25)7-3-15/h2-12,14H,13H2,1H3/b22-12-. The third-order valence-electron chi connectivity index (χ3n) is 4.55. The number of halogens is 1. The highest BCUT2D eigenvalue weighted by atomic mass is 79.9. The molecule has 4 rings (SSSR count). The summed E-state index contributed by atoms with van der Waals surface area (Å²) in [6, 6.07) is 19.5. The van der Waals surface area contributed by atoms with Crippen LogP contribution in [-0.2, 0) is 11.2 Å². The molecular formula is C24H17BrO5. The Morgan fingerprint density at radius 1 is 1.00 bits per heavy atom. The van der Waals surface area contributed by atoms with Gasteiger partial charge in [0.05, 0.1) is 19.1 Å². The van der Waals surface area contributed by atoms with Gasteiger partial charge >= 0.3 is 5.97 Å². The van der Waals surface area contributed by atoms with Crippen LogP contribution in [0, 0.1) is 0 Å². The van der Waals surface area contributed by atoms with Gasteiger partial charge in [-0.1, -0.05) is 40.2 Å². The molecule has 30 heavy (non-hydrogen) atoms. The first-order chi connectivity index (χ1) is 14.5. The lowest BCUT2D eigenvalue weighted by atomic mass is 10.1.